The van der Waals surface area contributed by atoms with E-state index in [1.807, 2.05) is 88.5 Å². The van der Waals surface area contributed by atoms with Gasteiger partial charge in [-0.3, -0.25) is 33.9 Å². The van der Waals surface area contributed by atoms with Gasteiger partial charge in [0.2, 0.25) is 0 Å². The van der Waals surface area contributed by atoms with Gasteiger partial charge in [-0.05, 0) is 248 Å². The average Bonchev–Trinajstić information content (AvgIpc) is 1.48. The summed E-state index contributed by atoms with van der Waals surface area (Å²) in [6, 6.07) is 4.05. The number of halogens is 3. The Morgan fingerprint density at radius 2 is 0.557 bits per heavy atom. The first-order valence-electron chi connectivity index (χ1n) is 48.7. The molecule has 8 aliphatic rings. The first-order valence-corrected chi connectivity index (χ1v) is 48.7. The second-order valence-corrected chi connectivity index (χ2v) is 40.4. The first kappa shape index (κ1) is 92.3. The van der Waals surface area contributed by atoms with Crippen LogP contribution in [0.4, 0.5) is 13.2 Å². The lowest BCUT2D eigenvalue weighted by atomic mass is 9.73. The summed E-state index contributed by atoms with van der Waals surface area (Å²) in [6.45, 7) is 22.4. The van der Waals surface area contributed by atoms with E-state index < -0.39 is 17.0 Å². The highest BCUT2D eigenvalue weighted by atomic mass is 19.2. The Hall–Kier alpha value is -14.1. The topological polar surface area (TPSA) is 474 Å². The highest BCUT2D eigenvalue weighted by molar-refractivity contribution is 5.78. The molecular weight excluding hydrogens is 1800 g/mol. The largest absolute Gasteiger partial charge is 0.448 e. The summed E-state index contributed by atoms with van der Waals surface area (Å²) in [5.74, 6) is 9.61. The summed E-state index contributed by atoms with van der Waals surface area (Å²) < 4.78 is 79.8. The van der Waals surface area contributed by atoms with Crippen molar-refractivity contribution in [2.75, 3.05) is 0 Å². The van der Waals surface area contributed by atoms with E-state index in [-0.39, 0.29) is 105 Å². The zero-order chi connectivity index (χ0) is 97.2. The van der Waals surface area contributed by atoms with Crippen molar-refractivity contribution in [2.45, 2.75) is 319 Å². The van der Waals surface area contributed by atoms with E-state index in [4.69, 9.17) is 47.0 Å². The van der Waals surface area contributed by atoms with Crippen LogP contribution in [0.25, 0.3) is 66.5 Å². The Morgan fingerprint density at radius 1 is 0.307 bits per heavy atom. The van der Waals surface area contributed by atoms with E-state index in [1.165, 1.54) is 0 Å². The van der Waals surface area contributed by atoms with Gasteiger partial charge in [0.1, 0.15) is 103 Å². The lowest BCUT2D eigenvalue weighted by molar-refractivity contribution is 0.103. The van der Waals surface area contributed by atoms with Crippen molar-refractivity contribution in [3.05, 3.63) is 248 Å². The van der Waals surface area contributed by atoms with E-state index >= 15 is 0 Å². The van der Waals surface area contributed by atoms with E-state index in [1.54, 1.807) is 105 Å². The molecule has 25 rings (SSSR count). The number of aromatic nitrogens is 27. The van der Waals surface area contributed by atoms with Crippen LogP contribution < -0.4 is 27.8 Å². The monoisotopic (exact) mass is 1910 g/mol. The first-order chi connectivity index (χ1) is 67.3. The number of hydrogen-bond acceptors (Lipinski definition) is 27. The van der Waals surface area contributed by atoms with Crippen LogP contribution in [0.2, 0.25) is 0 Å². The van der Waals surface area contributed by atoms with Crippen LogP contribution in [0.15, 0.2) is 133 Å². The maximum Gasteiger partial charge on any atom is 0.262 e. The minimum atomic E-state index is -1.11. The molecule has 17 aromatic heterocycles. The van der Waals surface area contributed by atoms with Gasteiger partial charge in [-0.25, -0.2) is 86.4 Å². The zero-order valence-electron chi connectivity index (χ0n) is 80.2. The number of nitrogens with one attached hydrogen (secondary N) is 5. The number of fused-ring (bicyclic) bond motifs is 5. The van der Waals surface area contributed by atoms with Gasteiger partial charge in [0.25, 0.3) is 27.8 Å². The van der Waals surface area contributed by atoms with Crippen molar-refractivity contribution < 1.29 is 35.3 Å². The molecule has 10 atom stereocenters. The number of aryl methyl sites for hydroxylation is 9. The molecule has 140 heavy (non-hydrogen) atoms. The highest BCUT2D eigenvalue weighted by Crippen LogP contribution is 2.54. The third-order valence-electron chi connectivity index (χ3n) is 30.6. The summed E-state index contributed by atoms with van der Waals surface area (Å²) in [4.78, 5) is 133. The van der Waals surface area contributed by atoms with Crippen LogP contribution in [0.1, 0.15) is 349 Å². The number of alkyl halides is 3. The number of pyridine rings is 2. The Morgan fingerprint density at radius 3 is 0.793 bits per heavy atom. The van der Waals surface area contributed by atoms with Crippen LogP contribution in [-0.2, 0) is 0 Å². The fraction of sp³-hybridized carbons (Fsp3) is 0.500. The van der Waals surface area contributed by atoms with Crippen LogP contribution in [0.5, 0.6) is 0 Å². The minimum Gasteiger partial charge on any atom is -0.448 e. The van der Waals surface area contributed by atoms with Gasteiger partial charge in [-0.1, -0.05) is 0 Å². The van der Waals surface area contributed by atoms with Gasteiger partial charge in [0.15, 0.2) is 57.7 Å². The van der Waals surface area contributed by atoms with Crippen LogP contribution in [-0.4, -0.2) is 151 Å². The van der Waals surface area contributed by atoms with Crippen molar-refractivity contribution in [1.82, 2.24) is 134 Å². The maximum absolute atomic E-state index is 14.2. The van der Waals surface area contributed by atoms with Crippen molar-refractivity contribution in [3.8, 4) is 11.4 Å². The molecule has 728 valence electrons. The zero-order valence-corrected chi connectivity index (χ0v) is 80.2. The number of hydrogen-bond donors (Lipinski definition) is 5. The molecule has 0 aliphatic heterocycles. The van der Waals surface area contributed by atoms with Gasteiger partial charge >= 0.3 is 0 Å². The van der Waals surface area contributed by atoms with Gasteiger partial charge < -0.3 is 47.0 Å². The molecule has 8 aliphatic carbocycles. The second-order valence-electron chi connectivity index (χ2n) is 40.4. The van der Waals surface area contributed by atoms with Crippen LogP contribution in [0.3, 0.4) is 0 Å². The number of oxazole rings is 5. The average molecular weight is 1910 g/mol. The fourth-order valence-electron chi connectivity index (χ4n) is 21.0. The Labute approximate surface area is 798 Å². The molecule has 0 spiro atoms. The summed E-state index contributed by atoms with van der Waals surface area (Å²) in [7, 11) is 0. The van der Waals surface area contributed by atoms with Crippen molar-refractivity contribution in [2.24, 2.45) is 0 Å². The van der Waals surface area contributed by atoms with Crippen molar-refractivity contribution in [3.63, 3.8) is 0 Å². The highest BCUT2D eigenvalue weighted by Gasteiger charge is 2.46. The summed E-state index contributed by atoms with van der Waals surface area (Å²) in [6.07, 6.45) is 36.4. The number of rotatable bonds is 15. The molecule has 17 aromatic rings. The second kappa shape index (κ2) is 36.6. The van der Waals surface area contributed by atoms with E-state index in [0.29, 0.717) is 179 Å². The molecule has 0 amide bonds. The minimum absolute atomic E-state index is 0.0768. The summed E-state index contributed by atoms with van der Waals surface area (Å²) >= 11 is 0. The molecule has 37 nitrogen and oxygen atoms in total. The van der Waals surface area contributed by atoms with Crippen molar-refractivity contribution >= 4 is 55.2 Å². The molecular formula is C100H112F3N27O10. The molecule has 17 heterocycles. The van der Waals surface area contributed by atoms with Gasteiger partial charge in [0, 0.05) is 71.6 Å². The predicted octanol–water partition coefficient (Wildman–Crippen LogP) is 17.9. The maximum atomic E-state index is 14.2. The quantitative estimate of drug-likeness (QED) is 0.0636. The van der Waals surface area contributed by atoms with Crippen LogP contribution in [0, 0.1) is 62.3 Å². The molecule has 8 fully saturated rings. The van der Waals surface area contributed by atoms with Crippen molar-refractivity contribution in [1.29, 1.82) is 0 Å². The number of nitrogens with zero attached hydrogens (tertiary/aromatic N) is 22. The van der Waals surface area contributed by atoms with Gasteiger partial charge in [-0.15, -0.1) is 0 Å². The number of H-pyrrole nitrogens is 5. The molecule has 5 N–H and O–H groups in total. The Balaban J connectivity index is 0.000000104. The molecule has 0 radical (unpaired) electrons. The van der Waals surface area contributed by atoms with E-state index in [2.05, 4.69) is 85.3 Å². The van der Waals surface area contributed by atoms with Gasteiger partial charge in [0.05, 0.1) is 101 Å². The summed E-state index contributed by atoms with van der Waals surface area (Å²) in [5, 5.41) is 24.5. The molecule has 40 heteroatoms. The smallest absolute Gasteiger partial charge is 0.262 e. The SMILES string of the molecule is Cc1ccncc1-n1ncc2c(=O)[nH]c(C3CCC3c3nc(C)c(C)o3)nc21.Cc1ccncc1-n1ncc2c(=O)[nH]c([C@H]3CC[C@@H]3c3nc(C)c(C)o3)nc21.Cc1coc([C@@H]2CC[C@@H]2c2nc3c(cnn3C3CCC(C)(F)CC3)c(=O)[nH]2)n1.Cc1coc([C@@H]2CC[C@H]2c2nc3c(cnn3C3CCC(C)(F)CC3)c(=O)[nH]2)n1.Cc1coc([C@H]2CC[C@H]2c2nc3c(cnn3C3CCC(C)(F)CC3)c(=O)[nH]2)n1. The van der Waals surface area contributed by atoms with E-state index in [0.717, 1.165) is 138 Å². The number of aromatic amines is 5. The normalized spacial score (nSPS) is 25.9. The third-order valence-corrected chi connectivity index (χ3v) is 30.6. The van der Waals surface area contributed by atoms with Gasteiger partial charge in [-0.2, -0.15) is 25.5 Å². The fourth-order valence-corrected chi connectivity index (χ4v) is 21.0. The Kier molecular flexibility index (Phi) is 24.1. The predicted molar refractivity (Wildman–Crippen MR) is 509 cm³/mol. The molecule has 8 saturated carbocycles. The third kappa shape index (κ3) is 17.7. The summed E-state index contributed by atoms with van der Waals surface area (Å²) in [5.41, 5.74) is 6.68. The van der Waals surface area contributed by atoms with Crippen LogP contribution >= 0.6 is 0 Å². The Bertz CT molecular complexity index is 7180. The molecule has 2 unspecified atom stereocenters. The van der Waals surface area contributed by atoms with E-state index in [9.17, 15) is 37.1 Å². The molecule has 0 bridgehead atoms. The standard InChI is InChI=1S/3C20H24FN5O2.2C20H20N6O2/c3*1-11-10-28-19(23-11)14-4-3-13(14)16-24-17-15(18(27)25-16)9-22-26(17)12-5-7-20(2,21)8-6-12;2*1-10-6-7-21-9-16(10)26-18-15(8-22-26)19(27)25-17(24-18)13-4-5-14(13)20-23-11(2)12(3)28-20/h3*9-10,12-14H,3-8H2,1-2H3,(H,24,25,27);2*6-9,13-14H,4-5H2,1-3H3,(H,24,25,27)/t2*12?,13-,14+,20?;12?,13-,14-,20?;13-,14-;/m1010./s1. The molecule has 0 saturated heterocycles. The lowest BCUT2D eigenvalue weighted by Gasteiger charge is -2.33. The molecule has 0 aromatic carbocycles. The lowest BCUT2D eigenvalue weighted by Crippen LogP contribution is -2.29.